The van der Waals surface area contributed by atoms with Gasteiger partial charge in [-0.25, -0.2) is 4.98 Å². The molecule has 2 aliphatic rings. The molecule has 2 atom stereocenters. The molecule has 0 radical (unpaired) electrons. The van der Waals surface area contributed by atoms with E-state index in [9.17, 15) is 0 Å². The van der Waals surface area contributed by atoms with Gasteiger partial charge in [0, 0.05) is 49.0 Å². The van der Waals surface area contributed by atoms with Crippen LogP contribution in [0.4, 0.5) is 0 Å². The van der Waals surface area contributed by atoms with Crippen LogP contribution in [0, 0.1) is 0 Å². The quantitative estimate of drug-likeness (QED) is 0.350. The van der Waals surface area contributed by atoms with Gasteiger partial charge in [-0.2, -0.15) is 0 Å². The molecule has 2 bridgehead atoms. The van der Waals surface area contributed by atoms with Gasteiger partial charge >= 0.3 is 0 Å². The highest BCUT2D eigenvalue weighted by molar-refractivity contribution is 8.00. The molecule has 1 aromatic heterocycles. The Balaban J connectivity index is 1.36. The van der Waals surface area contributed by atoms with Crippen LogP contribution in [0.5, 0.6) is 0 Å². The van der Waals surface area contributed by atoms with Crippen LogP contribution in [-0.2, 0) is 0 Å². The van der Waals surface area contributed by atoms with Crippen molar-refractivity contribution >= 4 is 29.1 Å². The number of aromatic nitrogens is 1. The molecular weight excluding hydrogens is 338 g/mol. The van der Waals surface area contributed by atoms with Gasteiger partial charge in [0.25, 0.3) is 0 Å². The van der Waals surface area contributed by atoms with Crippen molar-refractivity contribution in [2.75, 3.05) is 26.4 Å². The van der Waals surface area contributed by atoms with Crippen molar-refractivity contribution in [1.82, 2.24) is 20.5 Å². The predicted octanol–water partition coefficient (Wildman–Crippen LogP) is 2.81. The number of guanidine groups is 1. The summed E-state index contributed by atoms with van der Waals surface area (Å²) in [5.74, 6) is 2.05. The highest BCUT2D eigenvalue weighted by atomic mass is 32.2. The van der Waals surface area contributed by atoms with Gasteiger partial charge in [0.1, 0.15) is 4.34 Å². The van der Waals surface area contributed by atoms with E-state index in [2.05, 4.69) is 32.6 Å². The molecule has 0 saturated carbocycles. The Morgan fingerprint density at radius 1 is 1.42 bits per heavy atom. The lowest BCUT2D eigenvalue weighted by atomic mass is 9.82. The Bertz CT molecular complexity index is 505. The number of rotatable bonds is 6. The number of piperidine rings is 2. The maximum absolute atomic E-state index is 4.41. The summed E-state index contributed by atoms with van der Waals surface area (Å²) in [4.78, 5) is 11.3. The number of nitrogens with zero attached hydrogens (tertiary/aromatic N) is 3. The smallest absolute Gasteiger partial charge is 0.191 e. The molecule has 1 aromatic rings. The maximum atomic E-state index is 4.41. The monoisotopic (exact) mass is 367 g/mol. The van der Waals surface area contributed by atoms with E-state index < -0.39 is 0 Å². The summed E-state index contributed by atoms with van der Waals surface area (Å²) in [6, 6.07) is 2.07. The van der Waals surface area contributed by atoms with Crippen LogP contribution in [0.25, 0.3) is 0 Å². The van der Waals surface area contributed by atoms with Crippen LogP contribution in [0.1, 0.15) is 38.5 Å². The molecule has 2 saturated heterocycles. The SMILES string of the molecule is CN=C(NCCCSc1nccs1)NC1CC2CCCC(C1)N2C. The molecule has 0 aliphatic carbocycles. The molecule has 134 valence electrons. The van der Waals surface area contributed by atoms with Gasteiger partial charge in [-0.05, 0) is 39.2 Å². The summed E-state index contributed by atoms with van der Waals surface area (Å²) >= 11 is 3.55. The Morgan fingerprint density at radius 2 is 2.21 bits per heavy atom. The lowest BCUT2D eigenvalue weighted by molar-refractivity contribution is 0.0526. The van der Waals surface area contributed by atoms with Crippen molar-refractivity contribution in [2.24, 2.45) is 4.99 Å². The molecule has 0 aromatic carbocycles. The second-order valence-electron chi connectivity index (χ2n) is 6.72. The first-order valence-corrected chi connectivity index (χ1v) is 10.8. The fourth-order valence-electron chi connectivity index (χ4n) is 3.84. The fraction of sp³-hybridized carbons (Fsp3) is 0.765. The van der Waals surface area contributed by atoms with Gasteiger partial charge in [-0.15, -0.1) is 11.3 Å². The van der Waals surface area contributed by atoms with Gasteiger partial charge in [0.05, 0.1) is 0 Å². The van der Waals surface area contributed by atoms with Crippen molar-refractivity contribution in [3.8, 4) is 0 Å². The Labute approximate surface area is 153 Å². The van der Waals surface area contributed by atoms with Crippen LogP contribution in [-0.4, -0.2) is 60.4 Å². The zero-order valence-corrected chi connectivity index (χ0v) is 16.3. The fourth-order valence-corrected chi connectivity index (χ4v) is 5.49. The number of nitrogens with one attached hydrogen (secondary N) is 2. The van der Waals surface area contributed by atoms with E-state index in [-0.39, 0.29) is 0 Å². The lowest BCUT2D eigenvalue weighted by Crippen LogP contribution is -2.56. The first-order chi connectivity index (χ1) is 11.8. The third-order valence-corrected chi connectivity index (χ3v) is 7.21. The third-order valence-electron chi connectivity index (χ3n) is 5.15. The summed E-state index contributed by atoms with van der Waals surface area (Å²) in [6.45, 7) is 0.956. The molecule has 0 amide bonds. The molecule has 2 fully saturated rings. The molecule has 2 unspecified atom stereocenters. The summed E-state index contributed by atoms with van der Waals surface area (Å²) in [6.07, 6.45) is 9.57. The molecule has 2 aliphatic heterocycles. The minimum absolute atomic E-state index is 0.562. The van der Waals surface area contributed by atoms with E-state index in [1.807, 2.05) is 30.4 Å². The van der Waals surface area contributed by atoms with Crippen LogP contribution in [0.2, 0.25) is 0 Å². The van der Waals surface area contributed by atoms with E-state index in [0.717, 1.165) is 41.1 Å². The van der Waals surface area contributed by atoms with Gasteiger partial charge in [-0.1, -0.05) is 18.2 Å². The molecular formula is C17H29N5S2. The number of fused-ring (bicyclic) bond motifs is 2. The topological polar surface area (TPSA) is 52.6 Å². The molecule has 5 nitrogen and oxygen atoms in total. The third kappa shape index (κ3) is 4.86. The maximum Gasteiger partial charge on any atom is 0.191 e. The summed E-state index contributed by atoms with van der Waals surface area (Å²) in [7, 11) is 4.17. The van der Waals surface area contributed by atoms with Crippen LogP contribution < -0.4 is 10.6 Å². The number of aliphatic imine (C=N–C) groups is 1. The summed E-state index contributed by atoms with van der Waals surface area (Å²) < 4.78 is 1.16. The second-order valence-corrected chi connectivity index (χ2v) is 8.95. The highest BCUT2D eigenvalue weighted by Crippen LogP contribution is 2.32. The van der Waals surface area contributed by atoms with Crippen molar-refractivity contribution in [3.05, 3.63) is 11.6 Å². The first-order valence-electron chi connectivity index (χ1n) is 8.97. The van der Waals surface area contributed by atoms with E-state index >= 15 is 0 Å². The second kappa shape index (κ2) is 9.06. The van der Waals surface area contributed by atoms with E-state index in [0.29, 0.717) is 6.04 Å². The van der Waals surface area contributed by atoms with E-state index in [1.165, 1.54) is 32.1 Å². The van der Waals surface area contributed by atoms with Gasteiger partial charge in [0.15, 0.2) is 5.96 Å². The lowest BCUT2D eigenvalue weighted by Gasteiger charge is -2.47. The molecule has 3 heterocycles. The number of hydrogen-bond acceptors (Lipinski definition) is 5. The standard InChI is InChI=1S/C17H29N5S2/c1-18-16(19-7-4-9-23-17-20-8-10-24-17)21-13-11-14-5-3-6-15(12-13)22(14)2/h8,10,13-15H,3-7,9,11-12H2,1-2H3,(H2,18,19,21). The normalized spacial score (nSPS) is 27.9. The first kappa shape index (κ1) is 18.0. The zero-order valence-electron chi connectivity index (χ0n) is 14.7. The van der Waals surface area contributed by atoms with Gasteiger partial charge in [0.2, 0.25) is 0 Å². The largest absolute Gasteiger partial charge is 0.356 e. The number of hydrogen-bond donors (Lipinski definition) is 2. The number of thiazole rings is 1. The van der Waals surface area contributed by atoms with Gasteiger partial charge in [-0.3, -0.25) is 4.99 Å². The highest BCUT2D eigenvalue weighted by Gasteiger charge is 2.36. The predicted molar refractivity (Wildman–Crippen MR) is 104 cm³/mol. The molecule has 24 heavy (non-hydrogen) atoms. The Hall–Kier alpha value is -0.790. The molecule has 7 heteroatoms. The van der Waals surface area contributed by atoms with Crippen molar-refractivity contribution in [2.45, 2.75) is 61.0 Å². The van der Waals surface area contributed by atoms with Crippen molar-refractivity contribution in [3.63, 3.8) is 0 Å². The number of thioether (sulfide) groups is 1. The summed E-state index contributed by atoms with van der Waals surface area (Å²) in [5.41, 5.74) is 0. The van der Waals surface area contributed by atoms with Crippen molar-refractivity contribution < 1.29 is 0 Å². The van der Waals surface area contributed by atoms with Crippen LogP contribution >= 0.6 is 23.1 Å². The average Bonchev–Trinajstić information content (AvgIpc) is 3.07. The molecule has 0 spiro atoms. The van der Waals surface area contributed by atoms with Crippen LogP contribution in [0.3, 0.4) is 0 Å². The summed E-state index contributed by atoms with van der Waals surface area (Å²) in [5, 5.41) is 9.15. The molecule has 2 N–H and O–H groups in total. The Morgan fingerprint density at radius 3 is 2.88 bits per heavy atom. The minimum Gasteiger partial charge on any atom is -0.356 e. The minimum atomic E-state index is 0.562. The average molecular weight is 368 g/mol. The zero-order chi connectivity index (χ0) is 16.8. The Kier molecular flexibility index (Phi) is 6.80. The van der Waals surface area contributed by atoms with Crippen molar-refractivity contribution in [1.29, 1.82) is 0 Å². The van der Waals surface area contributed by atoms with Crippen LogP contribution in [0.15, 0.2) is 20.9 Å². The van der Waals surface area contributed by atoms with E-state index in [1.54, 1.807) is 11.3 Å². The van der Waals surface area contributed by atoms with E-state index in [4.69, 9.17) is 0 Å². The molecule has 3 rings (SSSR count). The van der Waals surface area contributed by atoms with Gasteiger partial charge < -0.3 is 15.5 Å².